The van der Waals surface area contributed by atoms with Crippen LogP contribution in [-0.4, -0.2) is 23.7 Å². The van der Waals surface area contributed by atoms with Crippen molar-refractivity contribution >= 4 is 5.91 Å². The molecule has 1 aliphatic rings. The normalized spacial score (nSPS) is 22.6. The van der Waals surface area contributed by atoms with Crippen molar-refractivity contribution in [2.24, 2.45) is 5.92 Å². The zero-order chi connectivity index (χ0) is 14.7. The second-order valence-electron chi connectivity index (χ2n) is 5.39. The molecule has 0 spiro atoms. The smallest absolute Gasteiger partial charge is 0.254 e. The molecule has 1 aromatic carbocycles. The number of aliphatic hydroxyl groups is 1. The van der Waals surface area contributed by atoms with Crippen LogP contribution in [0.2, 0.25) is 0 Å². The molecule has 2 rings (SSSR count). The van der Waals surface area contributed by atoms with Crippen LogP contribution in [0.1, 0.15) is 41.6 Å². The number of halogens is 2. The average Bonchev–Trinajstić information content (AvgIpc) is 2.43. The summed E-state index contributed by atoms with van der Waals surface area (Å²) in [5, 5.41) is 12.1. The number of benzene rings is 1. The molecule has 1 fully saturated rings. The van der Waals surface area contributed by atoms with Crippen LogP contribution < -0.4 is 5.32 Å². The van der Waals surface area contributed by atoms with Crippen molar-refractivity contribution in [3.05, 3.63) is 34.9 Å². The maximum atomic E-state index is 13.7. The Balaban J connectivity index is 2.13. The predicted molar refractivity (Wildman–Crippen MR) is 71.4 cm³/mol. The van der Waals surface area contributed by atoms with Crippen LogP contribution in [0, 0.1) is 24.5 Å². The van der Waals surface area contributed by atoms with Gasteiger partial charge in [-0.3, -0.25) is 4.79 Å². The Morgan fingerprint density at radius 2 is 2.00 bits per heavy atom. The second kappa shape index (κ2) is 6.31. The number of amides is 1. The quantitative estimate of drug-likeness (QED) is 0.895. The summed E-state index contributed by atoms with van der Waals surface area (Å²) in [6, 6.07) is 1.80. The SMILES string of the molecule is Cc1cc(C(=O)NC2CCCCC2CO)c(F)cc1F. The van der Waals surface area contributed by atoms with Gasteiger partial charge in [-0.15, -0.1) is 0 Å². The van der Waals surface area contributed by atoms with Crippen LogP contribution in [0.25, 0.3) is 0 Å². The monoisotopic (exact) mass is 283 g/mol. The molecule has 0 bridgehead atoms. The molecule has 20 heavy (non-hydrogen) atoms. The van der Waals surface area contributed by atoms with Gasteiger partial charge >= 0.3 is 0 Å². The number of aryl methyl sites for hydroxylation is 1. The van der Waals surface area contributed by atoms with Gasteiger partial charge in [0, 0.05) is 24.6 Å². The van der Waals surface area contributed by atoms with Gasteiger partial charge in [0.05, 0.1) is 5.56 Å². The molecule has 110 valence electrons. The average molecular weight is 283 g/mol. The van der Waals surface area contributed by atoms with E-state index in [9.17, 15) is 18.7 Å². The first kappa shape index (κ1) is 14.9. The number of carbonyl (C=O) groups is 1. The van der Waals surface area contributed by atoms with Gasteiger partial charge in [0.2, 0.25) is 0 Å². The van der Waals surface area contributed by atoms with Gasteiger partial charge in [-0.25, -0.2) is 8.78 Å². The highest BCUT2D eigenvalue weighted by Gasteiger charge is 2.27. The molecule has 2 N–H and O–H groups in total. The maximum absolute atomic E-state index is 13.7. The van der Waals surface area contributed by atoms with E-state index >= 15 is 0 Å². The lowest BCUT2D eigenvalue weighted by molar-refractivity contribution is 0.0868. The maximum Gasteiger partial charge on any atom is 0.254 e. The van der Waals surface area contributed by atoms with E-state index in [2.05, 4.69) is 5.32 Å². The largest absolute Gasteiger partial charge is 0.396 e. The molecule has 0 saturated heterocycles. The summed E-state index contributed by atoms with van der Waals surface area (Å²) in [6.07, 6.45) is 3.64. The van der Waals surface area contributed by atoms with Crippen molar-refractivity contribution < 1.29 is 18.7 Å². The fraction of sp³-hybridized carbons (Fsp3) is 0.533. The van der Waals surface area contributed by atoms with Gasteiger partial charge in [-0.2, -0.15) is 0 Å². The molecule has 1 aromatic rings. The first-order valence-corrected chi connectivity index (χ1v) is 6.90. The summed E-state index contributed by atoms with van der Waals surface area (Å²) >= 11 is 0. The Kier molecular flexibility index (Phi) is 4.70. The minimum atomic E-state index is -0.859. The van der Waals surface area contributed by atoms with Crippen LogP contribution in [0.4, 0.5) is 8.78 Å². The van der Waals surface area contributed by atoms with Gasteiger partial charge in [0.15, 0.2) is 0 Å². The van der Waals surface area contributed by atoms with E-state index in [4.69, 9.17) is 0 Å². The van der Waals surface area contributed by atoms with Crippen LogP contribution in [-0.2, 0) is 0 Å². The number of hydrogen-bond donors (Lipinski definition) is 2. The van der Waals surface area contributed by atoms with E-state index in [1.165, 1.54) is 13.0 Å². The number of rotatable bonds is 3. The number of hydrogen-bond acceptors (Lipinski definition) is 2. The summed E-state index contributed by atoms with van der Waals surface area (Å²) < 4.78 is 26.9. The third-order valence-electron chi connectivity index (χ3n) is 3.95. The fourth-order valence-electron chi connectivity index (χ4n) is 2.69. The Hall–Kier alpha value is -1.49. The standard InChI is InChI=1S/C15H19F2NO2/c1-9-6-11(13(17)7-12(9)16)15(20)18-14-5-3-2-4-10(14)8-19/h6-7,10,14,19H,2-5,8H2,1H3,(H,18,20). The minimum absolute atomic E-state index is 0.00980. The van der Waals surface area contributed by atoms with Crippen LogP contribution in [0.5, 0.6) is 0 Å². The van der Waals surface area contributed by atoms with E-state index in [0.717, 1.165) is 31.7 Å². The van der Waals surface area contributed by atoms with Crippen LogP contribution in [0.15, 0.2) is 12.1 Å². The molecule has 5 heteroatoms. The molecule has 1 aliphatic carbocycles. The lowest BCUT2D eigenvalue weighted by atomic mass is 9.85. The van der Waals surface area contributed by atoms with Crippen molar-refractivity contribution in [3.63, 3.8) is 0 Å². The lowest BCUT2D eigenvalue weighted by Crippen LogP contribution is -2.43. The van der Waals surface area contributed by atoms with Gasteiger partial charge in [0.25, 0.3) is 5.91 Å². The third kappa shape index (κ3) is 3.15. The van der Waals surface area contributed by atoms with E-state index < -0.39 is 17.5 Å². The zero-order valence-electron chi connectivity index (χ0n) is 11.5. The van der Waals surface area contributed by atoms with Crippen molar-refractivity contribution in [2.75, 3.05) is 6.61 Å². The highest BCUT2D eigenvalue weighted by atomic mass is 19.1. The Labute approximate surface area is 117 Å². The summed E-state index contributed by atoms with van der Waals surface area (Å²) in [7, 11) is 0. The Morgan fingerprint density at radius 3 is 2.70 bits per heavy atom. The fourth-order valence-corrected chi connectivity index (χ4v) is 2.69. The molecule has 0 aliphatic heterocycles. The van der Waals surface area contributed by atoms with Crippen molar-refractivity contribution in [1.29, 1.82) is 0 Å². The molecule has 0 radical (unpaired) electrons. The Morgan fingerprint density at radius 1 is 1.30 bits per heavy atom. The summed E-state index contributed by atoms with van der Waals surface area (Å²) in [4.78, 5) is 12.1. The van der Waals surface area contributed by atoms with E-state index in [-0.39, 0.29) is 29.7 Å². The molecular weight excluding hydrogens is 264 g/mol. The molecular formula is C15H19F2NO2. The highest BCUT2D eigenvalue weighted by Crippen LogP contribution is 2.24. The topological polar surface area (TPSA) is 49.3 Å². The van der Waals surface area contributed by atoms with E-state index in [0.29, 0.717) is 0 Å². The van der Waals surface area contributed by atoms with E-state index in [1.54, 1.807) is 0 Å². The van der Waals surface area contributed by atoms with E-state index in [1.807, 2.05) is 0 Å². The molecule has 3 nitrogen and oxygen atoms in total. The third-order valence-corrected chi connectivity index (χ3v) is 3.95. The highest BCUT2D eigenvalue weighted by molar-refractivity contribution is 5.94. The number of carbonyl (C=O) groups excluding carboxylic acids is 1. The molecule has 0 heterocycles. The summed E-state index contributed by atoms with van der Waals surface area (Å²) in [6.45, 7) is 1.50. The molecule has 0 aromatic heterocycles. The van der Waals surface area contributed by atoms with Gasteiger partial charge in [0.1, 0.15) is 11.6 Å². The van der Waals surface area contributed by atoms with Gasteiger partial charge < -0.3 is 10.4 Å². The van der Waals surface area contributed by atoms with Crippen molar-refractivity contribution in [1.82, 2.24) is 5.32 Å². The number of nitrogens with one attached hydrogen (secondary N) is 1. The molecule has 2 atom stereocenters. The van der Waals surface area contributed by atoms with Crippen molar-refractivity contribution in [2.45, 2.75) is 38.6 Å². The van der Waals surface area contributed by atoms with Crippen LogP contribution in [0.3, 0.4) is 0 Å². The van der Waals surface area contributed by atoms with Crippen molar-refractivity contribution in [3.8, 4) is 0 Å². The lowest BCUT2D eigenvalue weighted by Gasteiger charge is -2.30. The minimum Gasteiger partial charge on any atom is -0.396 e. The predicted octanol–water partition coefficient (Wildman–Crippen LogP) is 2.55. The zero-order valence-corrected chi connectivity index (χ0v) is 11.5. The second-order valence-corrected chi connectivity index (χ2v) is 5.39. The van der Waals surface area contributed by atoms with Crippen LogP contribution >= 0.6 is 0 Å². The van der Waals surface area contributed by atoms with Gasteiger partial charge in [-0.05, 0) is 31.4 Å². The Bertz CT molecular complexity index is 505. The molecule has 1 saturated carbocycles. The summed E-state index contributed by atoms with van der Waals surface area (Å²) in [5.74, 6) is -2.06. The first-order valence-electron chi connectivity index (χ1n) is 6.90. The summed E-state index contributed by atoms with van der Waals surface area (Å²) in [5.41, 5.74) is 0.0880. The molecule has 1 amide bonds. The molecule has 2 unspecified atom stereocenters. The first-order chi connectivity index (χ1) is 9.52. The number of aliphatic hydroxyl groups excluding tert-OH is 1. The van der Waals surface area contributed by atoms with Gasteiger partial charge in [-0.1, -0.05) is 12.8 Å².